The molecule has 2 aromatic rings. The first-order chi connectivity index (χ1) is 12.6. The number of aromatic nitrogens is 1. The number of benzene rings is 1. The van der Waals surface area contributed by atoms with Gasteiger partial charge in [-0.3, -0.25) is 14.4 Å². The van der Waals surface area contributed by atoms with Crippen molar-refractivity contribution in [3.63, 3.8) is 0 Å². The lowest BCUT2D eigenvalue weighted by Crippen LogP contribution is -2.55. The summed E-state index contributed by atoms with van der Waals surface area (Å²) in [5.41, 5.74) is 0.809. The highest BCUT2D eigenvalue weighted by Gasteiger charge is 2.35. The normalized spacial score (nSPS) is 15.0. The van der Waals surface area contributed by atoms with E-state index in [9.17, 15) is 14.4 Å². The summed E-state index contributed by atoms with van der Waals surface area (Å²) in [5, 5.41) is 3.03. The number of likely N-dealkylation sites (tertiary alicyclic amines) is 1. The third-order valence-electron chi connectivity index (χ3n) is 4.54. The van der Waals surface area contributed by atoms with E-state index in [1.165, 1.54) is 12.1 Å². The molecule has 0 aliphatic carbocycles. The molecule has 2 heterocycles. The van der Waals surface area contributed by atoms with Gasteiger partial charge in [0, 0.05) is 25.4 Å². The van der Waals surface area contributed by atoms with E-state index in [2.05, 4.69) is 11.9 Å². The van der Waals surface area contributed by atoms with E-state index in [1.54, 1.807) is 27.8 Å². The number of hydrogen-bond donors (Lipinski definition) is 1. The van der Waals surface area contributed by atoms with Gasteiger partial charge in [-0.1, -0.05) is 43.0 Å². The van der Waals surface area contributed by atoms with Crippen LogP contribution in [0.5, 0.6) is 0 Å². The predicted octanol–water partition coefficient (Wildman–Crippen LogP) is 1.35. The molecule has 0 radical (unpaired) electrons. The molecule has 1 saturated heterocycles. The summed E-state index contributed by atoms with van der Waals surface area (Å²) < 4.78 is 1.58. The Balaban J connectivity index is 1.72. The average molecular weight is 351 g/mol. The number of carbonyl (C=O) groups is 2. The lowest BCUT2D eigenvalue weighted by molar-refractivity contribution is -0.139. The molecule has 6 heteroatoms. The van der Waals surface area contributed by atoms with Crippen LogP contribution in [-0.2, 0) is 16.1 Å². The maximum Gasteiger partial charge on any atom is 0.250 e. The van der Waals surface area contributed by atoms with Gasteiger partial charge in [-0.2, -0.15) is 0 Å². The molecule has 2 amide bonds. The van der Waals surface area contributed by atoms with Crippen molar-refractivity contribution < 1.29 is 9.59 Å². The highest BCUT2D eigenvalue weighted by molar-refractivity contribution is 5.90. The first-order valence-corrected chi connectivity index (χ1v) is 8.50. The third-order valence-corrected chi connectivity index (χ3v) is 4.54. The Morgan fingerprint density at radius 2 is 1.85 bits per heavy atom. The Morgan fingerprint density at radius 3 is 2.50 bits per heavy atom. The molecule has 1 atom stereocenters. The number of nitrogens with zero attached hydrogens (tertiary/aromatic N) is 2. The van der Waals surface area contributed by atoms with Crippen molar-refractivity contribution in [1.82, 2.24) is 14.8 Å². The molecule has 3 rings (SSSR count). The molecule has 6 nitrogen and oxygen atoms in total. The summed E-state index contributed by atoms with van der Waals surface area (Å²) in [6.07, 6.45) is 2.96. The molecule has 134 valence electrons. The van der Waals surface area contributed by atoms with Crippen LogP contribution in [0.25, 0.3) is 0 Å². The van der Waals surface area contributed by atoms with Crippen LogP contribution in [0.2, 0.25) is 0 Å². The van der Waals surface area contributed by atoms with Crippen LogP contribution in [0.3, 0.4) is 0 Å². The highest BCUT2D eigenvalue weighted by Crippen LogP contribution is 2.20. The molecule has 1 aromatic carbocycles. The maximum absolute atomic E-state index is 12.6. The van der Waals surface area contributed by atoms with Crippen molar-refractivity contribution in [3.8, 4) is 0 Å². The molecule has 26 heavy (non-hydrogen) atoms. The second kappa shape index (κ2) is 7.82. The second-order valence-electron chi connectivity index (χ2n) is 6.31. The minimum atomic E-state index is -0.326. The Hall–Kier alpha value is -3.15. The lowest BCUT2D eigenvalue weighted by atomic mass is 9.97. The van der Waals surface area contributed by atoms with E-state index >= 15 is 0 Å². The fourth-order valence-electron chi connectivity index (χ4n) is 2.97. The summed E-state index contributed by atoms with van der Waals surface area (Å²) >= 11 is 0. The van der Waals surface area contributed by atoms with Crippen molar-refractivity contribution in [1.29, 1.82) is 0 Å². The first-order valence-electron chi connectivity index (χ1n) is 8.50. The molecule has 1 aliphatic heterocycles. The Labute approximate surface area is 151 Å². The molecule has 1 aromatic heterocycles. The Morgan fingerprint density at radius 1 is 1.15 bits per heavy atom. The second-order valence-corrected chi connectivity index (χ2v) is 6.31. The average Bonchev–Trinajstić information content (AvgIpc) is 2.62. The van der Waals surface area contributed by atoms with E-state index in [4.69, 9.17) is 0 Å². The molecule has 1 unspecified atom stereocenters. The van der Waals surface area contributed by atoms with Gasteiger partial charge in [-0.05, 0) is 17.7 Å². The number of hydrogen-bond acceptors (Lipinski definition) is 3. The zero-order valence-electron chi connectivity index (χ0n) is 14.4. The van der Waals surface area contributed by atoms with Crippen LogP contribution in [0.1, 0.15) is 11.6 Å². The summed E-state index contributed by atoms with van der Waals surface area (Å²) in [5.74, 6) is -0.516. The number of rotatable bonds is 6. The summed E-state index contributed by atoms with van der Waals surface area (Å²) in [4.78, 5) is 37.7. The van der Waals surface area contributed by atoms with Gasteiger partial charge in [0.2, 0.25) is 11.8 Å². The van der Waals surface area contributed by atoms with Crippen molar-refractivity contribution in [3.05, 3.63) is 83.3 Å². The quantitative estimate of drug-likeness (QED) is 0.799. The molecule has 1 fully saturated rings. The fourth-order valence-corrected chi connectivity index (χ4v) is 2.97. The summed E-state index contributed by atoms with van der Waals surface area (Å²) in [6.45, 7) is 4.58. The van der Waals surface area contributed by atoms with E-state index in [0.717, 1.165) is 5.56 Å². The van der Waals surface area contributed by atoms with Crippen LogP contribution in [-0.4, -0.2) is 34.4 Å². The van der Waals surface area contributed by atoms with Gasteiger partial charge in [0.25, 0.3) is 5.56 Å². The van der Waals surface area contributed by atoms with E-state index in [0.29, 0.717) is 19.6 Å². The number of nitrogens with one attached hydrogen (secondary N) is 1. The molecule has 0 bridgehead atoms. The smallest absolute Gasteiger partial charge is 0.250 e. The first kappa shape index (κ1) is 17.7. The van der Waals surface area contributed by atoms with Crippen LogP contribution in [0.15, 0.2) is 72.2 Å². The predicted molar refractivity (Wildman–Crippen MR) is 98.3 cm³/mol. The molecular weight excluding hydrogens is 330 g/mol. The monoisotopic (exact) mass is 351 g/mol. The van der Waals surface area contributed by atoms with Crippen molar-refractivity contribution >= 4 is 11.8 Å². The van der Waals surface area contributed by atoms with E-state index < -0.39 is 0 Å². The maximum atomic E-state index is 12.6. The largest absolute Gasteiger partial charge is 0.347 e. The van der Waals surface area contributed by atoms with Crippen LogP contribution in [0.4, 0.5) is 0 Å². The standard InChI is InChI=1S/C20H21N3O3/c1-2-18(24)23-12-16(13-23)20(26)21-17(15-8-4-3-5-9-15)14-22-11-7-6-10-19(22)25/h2-11,16-17H,1,12-14H2,(H,21,26). The topological polar surface area (TPSA) is 71.4 Å². The van der Waals surface area contributed by atoms with Gasteiger partial charge in [0.1, 0.15) is 0 Å². The van der Waals surface area contributed by atoms with Gasteiger partial charge in [0.15, 0.2) is 0 Å². The van der Waals surface area contributed by atoms with Crippen molar-refractivity contribution in [2.45, 2.75) is 12.6 Å². The third kappa shape index (κ3) is 3.91. The fraction of sp³-hybridized carbons (Fsp3) is 0.250. The molecular formula is C20H21N3O3. The molecule has 0 spiro atoms. The van der Waals surface area contributed by atoms with Crippen molar-refractivity contribution in [2.24, 2.45) is 5.92 Å². The Bertz CT molecular complexity index is 854. The zero-order valence-corrected chi connectivity index (χ0v) is 14.4. The summed E-state index contributed by atoms with van der Waals surface area (Å²) in [6, 6.07) is 14.2. The zero-order chi connectivity index (χ0) is 18.5. The molecule has 0 saturated carbocycles. The van der Waals surface area contributed by atoms with Gasteiger partial charge in [-0.15, -0.1) is 0 Å². The number of amides is 2. The SMILES string of the molecule is C=CC(=O)N1CC(C(=O)NC(Cn2ccccc2=O)c2ccccc2)C1. The number of pyridine rings is 1. The highest BCUT2D eigenvalue weighted by atomic mass is 16.2. The van der Waals surface area contributed by atoms with Gasteiger partial charge in [-0.25, -0.2) is 0 Å². The van der Waals surface area contributed by atoms with Gasteiger partial charge in [0.05, 0.1) is 18.5 Å². The van der Waals surface area contributed by atoms with Crippen LogP contribution < -0.4 is 10.9 Å². The van der Waals surface area contributed by atoms with Crippen LogP contribution >= 0.6 is 0 Å². The minimum Gasteiger partial charge on any atom is -0.347 e. The number of carbonyl (C=O) groups excluding carboxylic acids is 2. The molecule has 1 N–H and O–H groups in total. The summed E-state index contributed by atoms with van der Waals surface area (Å²) in [7, 11) is 0. The van der Waals surface area contributed by atoms with E-state index in [1.807, 2.05) is 30.3 Å². The van der Waals surface area contributed by atoms with Crippen molar-refractivity contribution in [2.75, 3.05) is 13.1 Å². The van der Waals surface area contributed by atoms with Gasteiger partial charge >= 0.3 is 0 Å². The lowest BCUT2D eigenvalue weighted by Gasteiger charge is -2.38. The molecule has 1 aliphatic rings. The minimum absolute atomic E-state index is 0.115. The van der Waals surface area contributed by atoms with E-state index in [-0.39, 0.29) is 29.3 Å². The van der Waals surface area contributed by atoms with Gasteiger partial charge < -0.3 is 14.8 Å². The van der Waals surface area contributed by atoms with Crippen LogP contribution in [0, 0.1) is 5.92 Å². The Kier molecular flexibility index (Phi) is 5.31.